The number of methoxy groups -OCH3 is 2. The number of carbonyl (C=O) groups is 1. The van der Waals surface area contributed by atoms with Crippen LogP contribution in [0, 0.1) is 0 Å². The zero-order valence-corrected chi connectivity index (χ0v) is 13.1. The molecule has 1 aliphatic rings. The Kier molecular flexibility index (Phi) is 13.0. The SMILES string of the molecule is COCCN1CCC(NC(=O)C(N)COC)C1.Cl.Cl. The van der Waals surface area contributed by atoms with Crippen molar-refractivity contribution in [2.75, 3.05) is 47.1 Å². The summed E-state index contributed by atoms with van der Waals surface area (Å²) in [5.74, 6) is -0.134. The van der Waals surface area contributed by atoms with Crippen molar-refractivity contribution in [2.24, 2.45) is 5.73 Å². The van der Waals surface area contributed by atoms with Crippen LogP contribution >= 0.6 is 24.8 Å². The van der Waals surface area contributed by atoms with E-state index in [1.54, 1.807) is 7.11 Å². The minimum Gasteiger partial charge on any atom is -0.383 e. The molecule has 1 aliphatic heterocycles. The van der Waals surface area contributed by atoms with Crippen molar-refractivity contribution in [3.05, 3.63) is 0 Å². The first-order valence-electron chi connectivity index (χ1n) is 5.93. The standard InChI is InChI=1S/C11H23N3O3.2ClH/c1-16-6-5-14-4-3-9(7-14)13-11(15)10(12)8-17-2;;/h9-10H,3-8,12H2,1-2H3,(H,13,15);2*1H. The maximum absolute atomic E-state index is 11.7. The Bertz CT molecular complexity index is 247. The number of nitrogens with one attached hydrogen (secondary N) is 1. The molecular weight excluding hydrogens is 293 g/mol. The van der Waals surface area contributed by atoms with Gasteiger partial charge in [-0.05, 0) is 6.42 Å². The van der Waals surface area contributed by atoms with Crippen molar-refractivity contribution in [3.63, 3.8) is 0 Å². The summed E-state index contributed by atoms with van der Waals surface area (Å²) in [5.41, 5.74) is 5.65. The number of hydrogen-bond acceptors (Lipinski definition) is 5. The Hall–Kier alpha value is -0.110. The minimum absolute atomic E-state index is 0. The van der Waals surface area contributed by atoms with Crippen molar-refractivity contribution < 1.29 is 14.3 Å². The molecule has 1 rings (SSSR count). The molecule has 1 fully saturated rings. The lowest BCUT2D eigenvalue weighted by molar-refractivity contribution is -0.124. The molecule has 0 aliphatic carbocycles. The Labute approximate surface area is 127 Å². The second-order valence-corrected chi connectivity index (χ2v) is 4.35. The summed E-state index contributed by atoms with van der Waals surface area (Å²) in [7, 11) is 3.23. The summed E-state index contributed by atoms with van der Waals surface area (Å²) >= 11 is 0. The third-order valence-corrected chi connectivity index (χ3v) is 2.91. The number of hydrogen-bond donors (Lipinski definition) is 2. The van der Waals surface area contributed by atoms with Gasteiger partial charge < -0.3 is 20.5 Å². The van der Waals surface area contributed by atoms with Crippen LogP contribution in [-0.2, 0) is 14.3 Å². The topological polar surface area (TPSA) is 76.8 Å². The van der Waals surface area contributed by atoms with E-state index in [1.807, 2.05) is 0 Å². The molecule has 0 aromatic heterocycles. The summed E-state index contributed by atoms with van der Waals surface area (Å²) in [6.07, 6.45) is 0.967. The van der Waals surface area contributed by atoms with Crippen molar-refractivity contribution in [2.45, 2.75) is 18.5 Å². The maximum Gasteiger partial charge on any atom is 0.239 e. The van der Waals surface area contributed by atoms with Gasteiger partial charge >= 0.3 is 0 Å². The van der Waals surface area contributed by atoms with E-state index >= 15 is 0 Å². The van der Waals surface area contributed by atoms with Gasteiger partial charge in [-0.25, -0.2) is 0 Å². The van der Waals surface area contributed by atoms with Gasteiger partial charge in [0.2, 0.25) is 5.91 Å². The predicted octanol–water partition coefficient (Wildman–Crippen LogP) is -0.359. The van der Waals surface area contributed by atoms with Gasteiger partial charge in [0, 0.05) is 39.9 Å². The first-order valence-corrected chi connectivity index (χ1v) is 5.93. The lowest BCUT2D eigenvalue weighted by atomic mass is 10.2. The average Bonchev–Trinajstić information content (AvgIpc) is 2.74. The van der Waals surface area contributed by atoms with Gasteiger partial charge in [0.1, 0.15) is 6.04 Å². The number of amides is 1. The van der Waals surface area contributed by atoms with Crippen LogP contribution in [0.15, 0.2) is 0 Å². The number of rotatable bonds is 7. The number of ether oxygens (including phenoxy) is 2. The van der Waals surface area contributed by atoms with Crippen LogP contribution in [0.5, 0.6) is 0 Å². The molecule has 2 unspecified atom stereocenters. The third kappa shape index (κ3) is 7.91. The second kappa shape index (κ2) is 11.7. The smallest absolute Gasteiger partial charge is 0.239 e. The number of likely N-dealkylation sites (tertiary alicyclic amines) is 1. The quantitative estimate of drug-likeness (QED) is 0.670. The van der Waals surface area contributed by atoms with Gasteiger partial charge in [0.25, 0.3) is 0 Å². The molecule has 2 atom stereocenters. The van der Waals surface area contributed by atoms with Crippen molar-refractivity contribution in [1.82, 2.24) is 10.2 Å². The summed E-state index contributed by atoms with van der Waals surface area (Å²) < 4.78 is 9.88. The average molecular weight is 318 g/mol. The van der Waals surface area contributed by atoms with E-state index in [4.69, 9.17) is 15.2 Å². The zero-order chi connectivity index (χ0) is 12.7. The highest BCUT2D eigenvalue weighted by Gasteiger charge is 2.25. The third-order valence-electron chi connectivity index (χ3n) is 2.91. The van der Waals surface area contributed by atoms with Gasteiger partial charge in [-0.1, -0.05) is 0 Å². The summed E-state index contributed by atoms with van der Waals surface area (Å²) in [6, 6.07) is -0.379. The highest BCUT2D eigenvalue weighted by atomic mass is 35.5. The fourth-order valence-corrected chi connectivity index (χ4v) is 1.94. The molecule has 0 bridgehead atoms. The lowest BCUT2D eigenvalue weighted by Crippen LogP contribution is -2.48. The molecule has 1 amide bonds. The molecule has 3 N–H and O–H groups in total. The molecule has 0 aromatic rings. The molecular formula is C11H25Cl2N3O3. The fraction of sp³-hybridized carbons (Fsp3) is 0.909. The first kappa shape index (κ1) is 21.2. The Balaban J connectivity index is 0. The van der Waals surface area contributed by atoms with E-state index in [1.165, 1.54) is 7.11 Å². The van der Waals surface area contributed by atoms with Crippen LogP contribution in [0.2, 0.25) is 0 Å². The minimum atomic E-state index is -0.576. The number of halogens is 2. The van der Waals surface area contributed by atoms with Gasteiger partial charge in [-0.15, -0.1) is 24.8 Å². The Morgan fingerprint density at radius 3 is 2.68 bits per heavy atom. The molecule has 0 radical (unpaired) electrons. The lowest BCUT2D eigenvalue weighted by Gasteiger charge is -2.18. The van der Waals surface area contributed by atoms with E-state index in [-0.39, 0.29) is 43.4 Å². The molecule has 1 heterocycles. The summed E-state index contributed by atoms with van der Waals surface area (Å²) in [5, 5.41) is 2.94. The number of carbonyl (C=O) groups excluding carboxylic acids is 1. The van der Waals surface area contributed by atoms with E-state index in [2.05, 4.69) is 10.2 Å². The molecule has 0 aromatic carbocycles. The van der Waals surface area contributed by atoms with E-state index in [0.29, 0.717) is 0 Å². The van der Waals surface area contributed by atoms with Crippen molar-refractivity contribution in [3.8, 4) is 0 Å². The van der Waals surface area contributed by atoms with Crippen LogP contribution < -0.4 is 11.1 Å². The molecule has 0 spiro atoms. The van der Waals surface area contributed by atoms with Crippen LogP contribution in [0.4, 0.5) is 0 Å². The molecule has 1 saturated heterocycles. The van der Waals surface area contributed by atoms with E-state index in [0.717, 1.165) is 32.7 Å². The molecule has 8 heteroatoms. The number of nitrogens with two attached hydrogens (primary N) is 1. The van der Waals surface area contributed by atoms with Crippen LogP contribution in [-0.4, -0.2) is 70.0 Å². The molecule has 0 saturated carbocycles. The highest BCUT2D eigenvalue weighted by Crippen LogP contribution is 2.08. The molecule has 6 nitrogen and oxygen atoms in total. The Morgan fingerprint density at radius 2 is 2.11 bits per heavy atom. The van der Waals surface area contributed by atoms with Crippen LogP contribution in [0.3, 0.4) is 0 Å². The monoisotopic (exact) mass is 317 g/mol. The Morgan fingerprint density at radius 1 is 1.42 bits per heavy atom. The highest BCUT2D eigenvalue weighted by molar-refractivity contribution is 5.85. The summed E-state index contributed by atoms with van der Waals surface area (Å²) in [4.78, 5) is 13.9. The maximum atomic E-state index is 11.7. The van der Waals surface area contributed by atoms with Crippen molar-refractivity contribution in [1.29, 1.82) is 0 Å². The largest absolute Gasteiger partial charge is 0.383 e. The van der Waals surface area contributed by atoms with Crippen molar-refractivity contribution >= 4 is 30.7 Å². The molecule has 116 valence electrons. The fourth-order valence-electron chi connectivity index (χ4n) is 1.94. The van der Waals surface area contributed by atoms with E-state index in [9.17, 15) is 4.79 Å². The van der Waals surface area contributed by atoms with E-state index < -0.39 is 6.04 Å². The summed E-state index contributed by atoms with van der Waals surface area (Å²) in [6.45, 7) is 3.76. The molecule has 19 heavy (non-hydrogen) atoms. The van der Waals surface area contributed by atoms with Gasteiger partial charge in [0.05, 0.1) is 13.2 Å². The van der Waals surface area contributed by atoms with Gasteiger partial charge in [-0.2, -0.15) is 0 Å². The normalized spacial score (nSPS) is 20.3. The second-order valence-electron chi connectivity index (χ2n) is 4.35. The van der Waals surface area contributed by atoms with Gasteiger partial charge in [-0.3, -0.25) is 9.69 Å². The van der Waals surface area contributed by atoms with Crippen LogP contribution in [0.1, 0.15) is 6.42 Å². The van der Waals surface area contributed by atoms with Gasteiger partial charge in [0.15, 0.2) is 0 Å². The van der Waals surface area contributed by atoms with Crippen LogP contribution in [0.25, 0.3) is 0 Å². The first-order chi connectivity index (χ1) is 8.17. The number of nitrogens with zero attached hydrogens (tertiary/aromatic N) is 1. The zero-order valence-electron chi connectivity index (χ0n) is 11.5. The predicted molar refractivity (Wildman–Crippen MR) is 79.2 cm³/mol.